The lowest BCUT2D eigenvalue weighted by Crippen LogP contribution is -2.41. The molecule has 0 aliphatic rings. The Balaban J connectivity index is 1.63. The van der Waals surface area contributed by atoms with Gasteiger partial charge in [0.25, 0.3) is 5.91 Å². The van der Waals surface area contributed by atoms with Crippen molar-refractivity contribution in [1.29, 1.82) is 0 Å². The SMILES string of the molecule is CCC(CCNCCC(=O)NC(CN(CC)C(=O)c1cc(C)cc(C)c1)c1ccc(C)c(C)c1)c1ccccc1. The van der Waals surface area contributed by atoms with Crippen LogP contribution < -0.4 is 10.6 Å². The number of nitrogens with zero attached hydrogens (tertiary/aromatic N) is 1. The molecule has 0 bridgehead atoms. The van der Waals surface area contributed by atoms with Crippen molar-refractivity contribution in [2.24, 2.45) is 0 Å². The number of nitrogens with one attached hydrogen (secondary N) is 2. The lowest BCUT2D eigenvalue weighted by molar-refractivity contribution is -0.121. The molecule has 214 valence electrons. The van der Waals surface area contributed by atoms with Crippen LogP contribution in [0.25, 0.3) is 0 Å². The molecule has 5 nitrogen and oxygen atoms in total. The molecule has 5 heteroatoms. The predicted octanol–water partition coefficient (Wildman–Crippen LogP) is 6.80. The number of aryl methyl sites for hydroxylation is 4. The summed E-state index contributed by atoms with van der Waals surface area (Å²) in [6, 6.07) is 22.6. The molecule has 2 unspecified atom stereocenters. The summed E-state index contributed by atoms with van der Waals surface area (Å²) in [6.45, 7) is 14.9. The van der Waals surface area contributed by atoms with Crippen LogP contribution >= 0.6 is 0 Å². The highest BCUT2D eigenvalue weighted by atomic mass is 16.2. The highest BCUT2D eigenvalue weighted by molar-refractivity contribution is 5.94. The zero-order chi connectivity index (χ0) is 29.1. The number of rotatable bonds is 14. The van der Waals surface area contributed by atoms with Crippen molar-refractivity contribution < 1.29 is 9.59 Å². The molecule has 2 amide bonds. The van der Waals surface area contributed by atoms with E-state index in [-0.39, 0.29) is 17.9 Å². The maximum atomic E-state index is 13.5. The second-order valence-corrected chi connectivity index (χ2v) is 11.0. The molecule has 0 heterocycles. The van der Waals surface area contributed by atoms with E-state index in [0.717, 1.165) is 36.1 Å². The molecular formula is C35H47N3O2. The molecule has 3 aromatic carbocycles. The Hall–Kier alpha value is -3.44. The van der Waals surface area contributed by atoms with Crippen molar-refractivity contribution in [2.45, 2.75) is 72.8 Å². The van der Waals surface area contributed by atoms with Gasteiger partial charge < -0.3 is 15.5 Å². The average Bonchev–Trinajstić information content (AvgIpc) is 2.94. The Morgan fingerprint density at radius 1 is 0.800 bits per heavy atom. The van der Waals surface area contributed by atoms with Crippen molar-refractivity contribution in [3.05, 3.63) is 106 Å². The highest BCUT2D eigenvalue weighted by Gasteiger charge is 2.23. The zero-order valence-electron chi connectivity index (χ0n) is 25.2. The van der Waals surface area contributed by atoms with Gasteiger partial charge in [0.1, 0.15) is 0 Å². The third kappa shape index (κ3) is 9.06. The lowest BCUT2D eigenvalue weighted by atomic mass is 9.93. The fraction of sp³-hybridized carbons (Fsp3) is 0.429. The third-order valence-corrected chi connectivity index (χ3v) is 7.77. The minimum absolute atomic E-state index is 0.0112. The molecule has 0 saturated heterocycles. The van der Waals surface area contributed by atoms with Gasteiger partial charge in [-0.2, -0.15) is 0 Å². The number of likely N-dealkylation sites (N-methyl/N-ethyl adjacent to an activating group) is 1. The number of hydrogen-bond donors (Lipinski definition) is 2. The fourth-order valence-corrected chi connectivity index (χ4v) is 5.27. The van der Waals surface area contributed by atoms with Gasteiger partial charge in [-0.15, -0.1) is 0 Å². The minimum Gasteiger partial charge on any atom is -0.347 e. The maximum Gasteiger partial charge on any atom is 0.253 e. The molecule has 40 heavy (non-hydrogen) atoms. The van der Waals surface area contributed by atoms with Crippen LogP contribution in [0.4, 0.5) is 0 Å². The Morgan fingerprint density at radius 2 is 1.50 bits per heavy atom. The van der Waals surface area contributed by atoms with Gasteiger partial charge in [0, 0.05) is 31.6 Å². The fourth-order valence-electron chi connectivity index (χ4n) is 5.27. The Kier molecular flexibility index (Phi) is 12.0. The highest BCUT2D eigenvalue weighted by Crippen LogP contribution is 2.23. The van der Waals surface area contributed by atoms with Crippen molar-refractivity contribution >= 4 is 11.8 Å². The summed E-state index contributed by atoms with van der Waals surface area (Å²) in [6.07, 6.45) is 2.53. The van der Waals surface area contributed by atoms with Crippen LogP contribution in [0.5, 0.6) is 0 Å². The van der Waals surface area contributed by atoms with E-state index in [1.165, 1.54) is 16.7 Å². The van der Waals surface area contributed by atoms with E-state index in [0.29, 0.717) is 37.5 Å². The van der Waals surface area contributed by atoms with E-state index in [1.807, 2.05) is 37.8 Å². The summed E-state index contributed by atoms with van der Waals surface area (Å²) < 4.78 is 0. The zero-order valence-corrected chi connectivity index (χ0v) is 25.2. The molecule has 3 rings (SSSR count). The Morgan fingerprint density at radius 3 is 2.12 bits per heavy atom. The van der Waals surface area contributed by atoms with Crippen LogP contribution in [-0.2, 0) is 4.79 Å². The van der Waals surface area contributed by atoms with E-state index in [1.54, 1.807) is 0 Å². The van der Waals surface area contributed by atoms with Gasteiger partial charge in [-0.05, 0) is 94.3 Å². The van der Waals surface area contributed by atoms with E-state index < -0.39 is 0 Å². The summed E-state index contributed by atoms with van der Waals surface area (Å²) in [5, 5.41) is 6.70. The monoisotopic (exact) mass is 541 g/mol. The number of benzene rings is 3. The van der Waals surface area contributed by atoms with E-state index in [2.05, 4.69) is 86.0 Å². The van der Waals surface area contributed by atoms with E-state index in [4.69, 9.17) is 0 Å². The van der Waals surface area contributed by atoms with Gasteiger partial charge in [-0.25, -0.2) is 0 Å². The van der Waals surface area contributed by atoms with Gasteiger partial charge in [0.05, 0.1) is 6.04 Å². The van der Waals surface area contributed by atoms with Crippen molar-refractivity contribution in [2.75, 3.05) is 26.2 Å². The first-order chi connectivity index (χ1) is 19.2. The summed E-state index contributed by atoms with van der Waals surface area (Å²) in [7, 11) is 0. The average molecular weight is 542 g/mol. The maximum absolute atomic E-state index is 13.5. The second kappa shape index (κ2) is 15.4. The van der Waals surface area contributed by atoms with Crippen molar-refractivity contribution in [1.82, 2.24) is 15.5 Å². The lowest BCUT2D eigenvalue weighted by Gasteiger charge is -2.28. The van der Waals surface area contributed by atoms with Gasteiger partial charge >= 0.3 is 0 Å². The molecule has 0 aliphatic carbocycles. The molecule has 0 aromatic heterocycles. The number of carbonyl (C=O) groups is 2. The summed E-state index contributed by atoms with van der Waals surface area (Å²) in [5.41, 5.74) is 7.60. The van der Waals surface area contributed by atoms with Crippen LogP contribution in [0.2, 0.25) is 0 Å². The number of carbonyl (C=O) groups excluding carboxylic acids is 2. The number of amides is 2. The van der Waals surface area contributed by atoms with Crippen molar-refractivity contribution in [3.8, 4) is 0 Å². The first kappa shape index (κ1) is 31.1. The molecule has 2 atom stereocenters. The quantitative estimate of drug-likeness (QED) is 0.221. The van der Waals surface area contributed by atoms with Gasteiger partial charge in [0.15, 0.2) is 0 Å². The smallest absolute Gasteiger partial charge is 0.253 e. The van der Waals surface area contributed by atoms with Crippen LogP contribution in [0.3, 0.4) is 0 Å². The molecule has 0 aliphatic heterocycles. The van der Waals surface area contributed by atoms with Gasteiger partial charge in [0.2, 0.25) is 5.91 Å². The standard InChI is InChI=1S/C35H47N3O2/c1-7-29(30-12-10-9-11-13-30)16-18-36-19-17-34(39)37-33(31-15-14-27(5)28(6)23-31)24-38(8-2)35(40)32-21-25(3)20-26(4)22-32/h9-15,20-23,29,33,36H,7-8,16-19,24H2,1-6H3,(H,37,39). The predicted molar refractivity (Wildman–Crippen MR) is 166 cm³/mol. The molecule has 0 spiro atoms. The van der Waals surface area contributed by atoms with Crippen molar-refractivity contribution in [3.63, 3.8) is 0 Å². The molecule has 0 radical (unpaired) electrons. The number of hydrogen-bond acceptors (Lipinski definition) is 3. The third-order valence-electron chi connectivity index (χ3n) is 7.77. The summed E-state index contributed by atoms with van der Waals surface area (Å²) in [4.78, 5) is 28.4. The van der Waals surface area contributed by atoms with E-state index in [9.17, 15) is 9.59 Å². The van der Waals surface area contributed by atoms with Crippen LogP contribution in [-0.4, -0.2) is 42.9 Å². The molecule has 0 fully saturated rings. The normalized spacial score (nSPS) is 12.6. The topological polar surface area (TPSA) is 61.4 Å². The minimum atomic E-state index is -0.288. The molecule has 0 saturated carbocycles. The van der Waals surface area contributed by atoms with Gasteiger partial charge in [-0.1, -0.05) is 72.6 Å². The summed E-state index contributed by atoms with van der Waals surface area (Å²) in [5.74, 6) is 0.495. The second-order valence-electron chi connectivity index (χ2n) is 11.0. The first-order valence-corrected chi connectivity index (χ1v) is 14.7. The largest absolute Gasteiger partial charge is 0.347 e. The van der Waals surface area contributed by atoms with Crippen LogP contribution in [0.15, 0.2) is 66.7 Å². The van der Waals surface area contributed by atoms with E-state index >= 15 is 0 Å². The van der Waals surface area contributed by atoms with Crippen LogP contribution in [0, 0.1) is 27.7 Å². The van der Waals surface area contributed by atoms with Gasteiger partial charge in [-0.3, -0.25) is 9.59 Å². The summed E-state index contributed by atoms with van der Waals surface area (Å²) >= 11 is 0. The Bertz CT molecular complexity index is 1230. The van der Waals surface area contributed by atoms with Crippen LogP contribution in [0.1, 0.15) is 88.8 Å². The first-order valence-electron chi connectivity index (χ1n) is 14.7. The molecular weight excluding hydrogens is 494 g/mol. The Labute approximate surface area is 241 Å². The molecule has 2 N–H and O–H groups in total. The molecule has 3 aromatic rings.